The Morgan fingerprint density at radius 1 is 1.16 bits per heavy atom. The molecule has 1 aromatic rings. The molecule has 2 unspecified atom stereocenters. The van der Waals surface area contributed by atoms with Crippen LogP contribution >= 0.6 is 0 Å². The fraction of sp³-hybridized carbons (Fsp3) is 0.600. The van der Waals surface area contributed by atoms with Gasteiger partial charge in [-0.05, 0) is 37.7 Å². The van der Waals surface area contributed by atoms with E-state index in [-0.39, 0.29) is 12.5 Å². The molecule has 2 atom stereocenters. The monoisotopic (exact) mass is 344 g/mol. The number of benzene rings is 1. The van der Waals surface area contributed by atoms with Crippen LogP contribution in [0.25, 0.3) is 0 Å². The molecule has 0 aromatic heterocycles. The number of likely N-dealkylation sites (tertiary alicyclic amines) is 1. The van der Waals surface area contributed by atoms with Crippen molar-refractivity contribution in [3.05, 3.63) is 35.9 Å². The maximum absolute atomic E-state index is 11.7. The van der Waals surface area contributed by atoms with Gasteiger partial charge in [0.2, 0.25) is 5.91 Å². The normalized spacial score (nSPS) is 21.1. The van der Waals surface area contributed by atoms with Gasteiger partial charge in [-0.2, -0.15) is 0 Å². The average molecular weight is 345 g/mol. The first-order chi connectivity index (χ1) is 12.2. The zero-order valence-corrected chi connectivity index (χ0v) is 15.8. The Hall–Kier alpha value is -2.04. The van der Waals surface area contributed by atoms with E-state index in [1.807, 2.05) is 6.92 Å². The maximum Gasteiger partial charge on any atom is 0.241 e. The third-order valence-corrected chi connectivity index (χ3v) is 4.87. The van der Waals surface area contributed by atoms with E-state index in [9.17, 15) is 4.79 Å². The molecule has 1 aromatic carbocycles. The standard InChI is InChI=1S/C20H32N4O/c1-4-16-15-24(13-12-18(16)17-10-8-7-9-11-17)20(22-6-3)23-14-19(25)21-5-2/h7-11,16,18H,4-6,12-15H2,1-3H3,(H,21,25)(H,22,23). The molecule has 0 bridgehead atoms. The second kappa shape index (κ2) is 10.1. The summed E-state index contributed by atoms with van der Waals surface area (Å²) in [6.45, 7) is 9.85. The predicted octanol–water partition coefficient (Wildman–Crippen LogP) is 2.60. The van der Waals surface area contributed by atoms with Gasteiger partial charge in [-0.15, -0.1) is 0 Å². The minimum atomic E-state index is -0.0240. The molecule has 5 heteroatoms. The molecule has 1 fully saturated rings. The molecule has 1 saturated heterocycles. The highest BCUT2D eigenvalue weighted by atomic mass is 16.1. The van der Waals surface area contributed by atoms with Crippen LogP contribution in [-0.4, -0.2) is 49.5 Å². The Labute approximate surface area is 151 Å². The van der Waals surface area contributed by atoms with E-state index in [1.54, 1.807) is 0 Å². The third kappa shape index (κ3) is 5.48. The summed E-state index contributed by atoms with van der Waals surface area (Å²) in [7, 11) is 0. The number of guanidine groups is 1. The number of carbonyl (C=O) groups is 1. The molecule has 0 radical (unpaired) electrons. The quantitative estimate of drug-likeness (QED) is 0.616. The van der Waals surface area contributed by atoms with E-state index in [2.05, 4.69) is 64.7 Å². The molecule has 1 aliphatic rings. The number of hydrogen-bond acceptors (Lipinski definition) is 2. The predicted molar refractivity (Wildman–Crippen MR) is 104 cm³/mol. The molecule has 0 aliphatic carbocycles. The number of hydrogen-bond donors (Lipinski definition) is 2. The lowest BCUT2D eigenvalue weighted by atomic mass is 9.79. The van der Waals surface area contributed by atoms with Crippen LogP contribution in [0.1, 0.15) is 45.1 Å². The Morgan fingerprint density at radius 3 is 2.52 bits per heavy atom. The summed E-state index contributed by atoms with van der Waals surface area (Å²) < 4.78 is 0. The molecule has 1 heterocycles. The average Bonchev–Trinajstić information content (AvgIpc) is 2.65. The number of amides is 1. The smallest absolute Gasteiger partial charge is 0.241 e. The largest absolute Gasteiger partial charge is 0.357 e. The van der Waals surface area contributed by atoms with E-state index >= 15 is 0 Å². The third-order valence-electron chi connectivity index (χ3n) is 4.87. The van der Waals surface area contributed by atoms with Crippen LogP contribution in [0.4, 0.5) is 0 Å². The summed E-state index contributed by atoms with van der Waals surface area (Å²) in [6, 6.07) is 10.8. The van der Waals surface area contributed by atoms with Crippen LogP contribution in [0.15, 0.2) is 35.3 Å². The van der Waals surface area contributed by atoms with Crippen LogP contribution in [0, 0.1) is 5.92 Å². The molecule has 138 valence electrons. The van der Waals surface area contributed by atoms with Gasteiger partial charge in [0.1, 0.15) is 6.54 Å². The minimum absolute atomic E-state index is 0.0240. The van der Waals surface area contributed by atoms with E-state index in [0.29, 0.717) is 18.4 Å². The zero-order valence-electron chi connectivity index (χ0n) is 15.8. The molecule has 2 rings (SSSR count). The molecule has 25 heavy (non-hydrogen) atoms. The molecule has 2 N–H and O–H groups in total. The molecular formula is C20H32N4O. The molecular weight excluding hydrogens is 312 g/mol. The summed E-state index contributed by atoms with van der Waals surface area (Å²) in [5.74, 6) is 2.04. The van der Waals surface area contributed by atoms with Crippen LogP contribution in [-0.2, 0) is 4.79 Å². The number of aliphatic imine (C=N–C) groups is 1. The van der Waals surface area contributed by atoms with E-state index < -0.39 is 0 Å². The molecule has 0 saturated carbocycles. The first kappa shape index (κ1) is 19.3. The SMILES string of the molecule is CCNC(=O)CN=C(NCC)N1CCC(c2ccccc2)C(CC)C1. The maximum atomic E-state index is 11.7. The lowest BCUT2D eigenvalue weighted by Gasteiger charge is -2.40. The molecule has 5 nitrogen and oxygen atoms in total. The van der Waals surface area contributed by atoms with Crippen molar-refractivity contribution < 1.29 is 4.79 Å². The number of nitrogens with zero attached hydrogens (tertiary/aromatic N) is 2. The van der Waals surface area contributed by atoms with Gasteiger partial charge >= 0.3 is 0 Å². The number of carbonyl (C=O) groups excluding carboxylic acids is 1. The van der Waals surface area contributed by atoms with Gasteiger partial charge in [0, 0.05) is 26.2 Å². The fourth-order valence-electron chi connectivity index (χ4n) is 3.60. The highest BCUT2D eigenvalue weighted by molar-refractivity contribution is 5.85. The summed E-state index contributed by atoms with van der Waals surface area (Å²) in [5, 5.41) is 6.15. The van der Waals surface area contributed by atoms with Gasteiger partial charge in [0.05, 0.1) is 0 Å². The van der Waals surface area contributed by atoms with Crippen molar-refractivity contribution in [2.75, 3.05) is 32.7 Å². The first-order valence-corrected chi connectivity index (χ1v) is 9.54. The zero-order chi connectivity index (χ0) is 18.1. The molecule has 1 aliphatic heterocycles. The number of piperidine rings is 1. The Kier molecular flexibility index (Phi) is 7.76. The van der Waals surface area contributed by atoms with Crippen LogP contribution in [0.5, 0.6) is 0 Å². The van der Waals surface area contributed by atoms with E-state index in [0.717, 1.165) is 38.4 Å². The van der Waals surface area contributed by atoms with Crippen molar-refractivity contribution >= 4 is 11.9 Å². The summed E-state index contributed by atoms with van der Waals surface area (Å²) in [6.07, 6.45) is 2.26. The first-order valence-electron chi connectivity index (χ1n) is 9.54. The van der Waals surface area contributed by atoms with Crippen molar-refractivity contribution in [3.63, 3.8) is 0 Å². The summed E-state index contributed by atoms with van der Waals surface area (Å²) in [5.41, 5.74) is 1.44. The number of likely N-dealkylation sites (N-methyl/N-ethyl adjacent to an activating group) is 1. The molecule has 1 amide bonds. The van der Waals surface area contributed by atoms with Gasteiger partial charge in [-0.25, -0.2) is 4.99 Å². The number of rotatable bonds is 6. The van der Waals surface area contributed by atoms with Crippen LogP contribution in [0.2, 0.25) is 0 Å². The Bertz CT molecular complexity index is 558. The number of nitrogens with one attached hydrogen (secondary N) is 2. The van der Waals surface area contributed by atoms with Gasteiger partial charge in [-0.1, -0.05) is 43.7 Å². The van der Waals surface area contributed by atoms with Gasteiger partial charge in [0.25, 0.3) is 0 Å². The summed E-state index contributed by atoms with van der Waals surface area (Å²) in [4.78, 5) is 18.6. The highest BCUT2D eigenvalue weighted by Crippen LogP contribution is 2.34. The van der Waals surface area contributed by atoms with Crippen molar-refractivity contribution in [1.29, 1.82) is 0 Å². The van der Waals surface area contributed by atoms with Crippen molar-refractivity contribution in [3.8, 4) is 0 Å². The Balaban J connectivity index is 2.06. The second-order valence-corrected chi connectivity index (χ2v) is 6.54. The van der Waals surface area contributed by atoms with E-state index in [1.165, 1.54) is 5.56 Å². The van der Waals surface area contributed by atoms with Gasteiger partial charge in [0.15, 0.2) is 5.96 Å². The lowest BCUT2D eigenvalue weighted by Crippen LogP contribution is -2.48. The van der Waals surface area contributed by atoms with Gasteiger partial charge < -0.3 is 15.5 Å². The minimum Gasteiger partial charge on any atom is -0.357 e. The van der Waals surface area contributed by atoms with Crippen molar-refractivity contribution in [2.45, 2.75) is 39.5 Å². The van der Waals surface area contributed by atoms with Crippen molar-refractivity contribution in [2.24, 2.45) is 10.9 Å². The topological polar surface area (TPSA) is 56.7 Å². The highest BCUT2D eigenvalue weighted by Gasteiger charge is 2.30. The summed E-state index contributed by atoms with van der Waals surface area (Å²) >= 11 is 0. The lowest BCUT2D eigenvalue weighted by molar-refractivity contribution is -0.119. The van der Waals surface area contributed by atoms with E-state index in [4.69, 9.17) is 0 Å². The second-order valence-electron chi connectivity index (χ2n) is 6.54. The van der Waals surface area contributed by atoms with Crippen molar-refractivity contribution in [1.82, 2.24) is 15.5 Å². The van der Waals surface area contributed by atoms with Gasteiger partial charge in [-0.3, -0.25) is 4.79 Å². The van der Waals surface area contributed by atoms with Crippen LogP contribution < -0.4 is 10.6 Å². The molecule has 0 spiro atoms. The van der Waals surface area contributed by atoms with Crippen LogP contribution in [0.3, 0.4) is 0 Å². The Morgan fingerprint density at radius 2 is 1.88 bits per heavy atom. The fourth-order valence-corrected chi connectivity index (χ4v) is 3.60.